The van der Waals surface area contributed by atoms with Gasteiger partial charge in [-0.25, -0.2) is 0 Å². The maximum Gasteiger partial charge on any atom is 0.270 e. The third-order valence-electron chi connectivity index (χ3n) is 4.42. The molecule has 1 aromatic carbocycles. The largest absolute Gasteiger partial charge is 0.343 e. The number of Topliss-reactive ketones (excluding diaryl/α,β-unsaturated/α-hetero) is 1. The number of carbonyl (C=O) groups is 1. The number of hydrogen-bond acceptors (Lipinski definition) is 3. The van der Waals surface area contributed by atoms with Gasteiger partial charge in [-0.1, -0.05) is 35.3 Å². The van der Waals surface area contributed by atoms with Crippen molar-refractivity contribution in [1.29, 1.82) is 0 Å². The molecule has 4 rings (SSSR count). The van der Waals surface area contributed by atoms with Crippen molar-refractivity contribution in [3.63, 3.8) is 0 Å². The second-order valence-corrected chi connectivity index (χ2v) is 6.52. The van der Waals surface area contributed by atoms with Crippen molar-refractivity contribution in [3.8, 4) is 0 Å². The topological polar surface area (TPSA) is 77.8 Å². The van der Waals surface area contributed by atoms with Crippen LogP contribution in [0, 0.1) is 0 Å². The molecular formula is C16H13Cl2N3O2. The highest BCUT2D eigenvalue weighted by Crippen LogP contribution is 2.46. The van der Waals surface area contributed by atoms with Gasteiger partial charge in [-0.3, -0.25) is 19.8 Å². The van der Waals surface area contributed by atoms with Gasteiger partial charge in [0.2, 0.25) is 0 Å². The summed E-state index contributed by atoms with van der Waals surface area (Å²) in [6.07, 6.45) is 2.04. The second kappa shape index (κ2) is 5.28. The molecule has 0 unspecified atom stereocenters. The molecule has 7 heteroatoms. The van der Waals surface area contributed by atoms with Crippen LogP contribution in [0.3, 0.4) is 0 Å². The number of aromatic amines is 2. The van der Waals surface area contributed by atoms with Gasteiger partial charge < -0.3 is 5.32 Å². The van der Waals surface area contributed by atoms with Crippen LogP contribution in [0.5, 0.6) is 0 Å². The lowest BCUT2D eigenvalue weighted by atomic mass is 9.77. The quantitative estimate of drug-likeness (QED) is 0.736. The van der Waals surface area contributed by atoms with E-state index in [0.717, 1.165) is 18.5 Å². The molecule has 1 aromatic heterocycles. The molecule has 1 aliphatic carbocycles. The van der Waals surface area contributed by atoms with Gasteiger partial charge >= 0.3 is 0 Å². The lowest BCUT2D eigenvalue weighted by Gasteiger charge is -2.31. The molecule has 0 radical (unpaired) electrons. The van der Waals surface area contributed by atoms with Gasteiger partial charge in [-0.15, -0.1) is 0 Å². The predicted molar refractivity (Wildman–Crippen MR) is 89.2 cm³/mol. The number of carbonyl (C=O) groups excluding carboxylic acids is 1. The average molecular weight is 350 g/mol. The van der Waals surface area contributed by atoms with Crippen LogP contribution in [0.2, 0.25) is 10.0 Å². The number of anilines is 1. The van der Waals surface area contributed by atoms with Crippen LogP contribution in [0.4, 0.5) is 5.82 Å². The summed E-state index contributed by atoms with van der Waals surface area (Å²) >= 11 is 12.5. The molecule has 0 saturated carbocycles. The van der Waals surface area contributed by atoms with Crippen molar-refractivity contribution in [2.24, 2.45) is 0 Å². The second-order valence-electron chi connectivity index (χ2n) is 5.74. The molecule has 0 spiro atoms. The number of ketones is 1. The Labute approximate surface area is 141 Å². The van der Waals surface area contributed by atoms with Crippen LogP contribution < -0.4 is 10.9 Å². The van der Waals surface area contributed by atoms with Crippen molar-refractivity contribution in [2.75, 3.05) is 5.32 Å². The van der Waals surface area contributed by atoms with Crippen molar-refractivity contribution in [3.05, 3.63) is 61.0 Å². The molecule has 5 nitrogen and oxygen atoms in total. The Morgan fingerprint density at radius 1 is 1.09 bits per heavy atom. The van der Waals surface area contributed by atoms with E-state index in [-0.39, 0.29) is 11.3 Å². The van der Waals surface area contributed by atoms with Crippen LogP contribution in [0.1, 0.15) is 36.3 Å². The van der Waals surface area contributed by atoms with Crippen LogP contribution >= 0.6 is 23.2 Å². The minimum atomic E-state index is -0.504. The highest BCUT2D eigenvalue weighted by molar-refractivity contribution is 6.42. The van der Waals surface area contributed by atoms with Crippen molar-refractivity contribution < 1.29 is 4.79 Å². The summed E-state index contributed by atoms with van der Waals surface area (Å²) in [5, 5.41) is 9.37. The van der Waals surface area contributed by atoms with Crippen LogP contribution in [-0.2, 0) is 4.79 Å². The van der Waals surface area contributed by atoms with Gasteiger partial charge in [-0.05, 0) is 24.5 Å². The van der Waals surface area contributed by atoms with Gasteiger partial charge in [0.1, 0.15) is 5.82 Å². The third-order valence-corrected chi connectivity index (χ3v) is 5.25. The van der Waals surface area contributed by atoms with Crippen LogP contribution in [-0.4, -0.2) is 16.0 Å². The fraction of sp³-hybridized carbons (Fsp3) is 0.250. The number of hydrogen-bond donors (Lipinski definition) is 3. The van der Waals surface area contributed by atoms with Crippen LogP contribution in [0.15, 0.2) is 34.3 Å². The molecule has 3 N–H and O–H groups in total. The zero-order chi connectivity index (χ0) is 16.1. The van der Waals surface area contributed by atoms with E-state index in [1.807, 2.05) is 6.07 Å². The summed E-state index contributed by atoms with van der Waals surface area (Å²) in [5.74, 6) is 0.130. The zero-order valence-electron chi connectivity index (χ0n) is 12.0. The minimum Gasteiger partial charge on any atom is -0.343 e. The van der Waals surface area contributed by atoms with E-state index in [1.165, 1.54) is 0 Å². The van der Waals surface area contributed by atoms with E-state index in [9.17, 15) is 9.59 Å². The lowest BCUT2D eigenvalue weighted by molar-refractivity contribution is -0.116. The van der Waals surface area contributed by atoms with Gasteiger partial charge in [0.25, 0.3) is 5.56 Å². The Morgan fingerprint density at radius 3 is 2.74 bits per heavy atom. The van der Waals surface area contributed by atoms with Crippen molar-refractivity contribution in [1.82, 2.24) is 10.2 Å². The summed E-state index contributed by atoms with van der Waals surface area (Å²) in [6.45, 7) is 0. The standard InChI is InChI=1S/C16H13Cl2N3O2/c17-8-4-1-3-7(14(8)18)11-12-9(5-2-6-10(12)22)19-15-13(11)16(23)21-20-15/h1,3-4,11H,2,5-6H2,(H3,19,20,21,23)/t11-/m1/s1. The van der Waals surface area contributed by atoms with E-state index in [1.54, 1.807) is 12.1 Å². The number of allylic oxidation sites excluding steroid dienone is 2. The molecule has 0 bridgehead atoms. The van der Waals surface area contributed by atoms with Crippen molar-refractivity contribution in [2.45, 2.75) is 25.2 Å². The summed E-state index contributed by atoms with van der Waals surface area (Å²) in [7, 11) is 0. The fourth-order valence-corrected chi connectivity index (χ4v) is 3.84. The summed E-state index contributed by atoms with van der Waals surface area (Å²) in [4.78, 5) is 24.8. The number of fused-ring (bicyclic) bond motifs is 1. The number of H-pyrrole nitrogens is 2. The predicted octanol–water partition coefficient (Wildman–Crippen LogP) is 3.57. The highest BCUT2D eigenvalue weighted by Gasteiger charge is 2.38. The van der Waals surface area contributed by atoms with Crippen LogP contribution in [0.25, 0.3) is 0 Å². The number of aromatic nitrogens is 2. The minimum absolute atomic E-state index is 0.0473. The Hall–Kier alpha value is -1.98. The average Bonchev–Trinajstić information content (AvgIpc) is 2.90. The first-order chi connectivity index (χ1) is 11.1. The molecule has 23 heavy (non-hydrogen) atoms. The Balaban J connectivity index is 2.02. The molecule has 2 heterocycles. The Morgan fingerprint density at radius 2 is 1.91 bits per heavy atom. The molecular weight excluding hydrogens is 337 g/mol. The smallest absolute Gasteiger partial charge is 0.270 e. The molecule has 0 saturated heterocycles. The molecule has 2 aliphatic rings. The third kappa shape index (κ3) is 2.15. The van der Waals surface area contributed by atoms with Crippen molar-refractivity contribution >= 4 is 34.8 Å². The molecule has 118 valence electrons. The molecule has 1 aliphatic heterocycles. The summed E-state index contributed by atoms with van der Waals surface area (Å²) in [6, 6.07) is 5.28. The fourth-order valence-electron chi connectivity index (χ4n) is 3.42. The first kappa shape index (κ1) is 14.6. The Kier molecular flexibility index (Phi) is 3.36. The monoisotopic (exact) mass is 349 g/mol. The number of rotatable bonds is 1. The lowest BCUT2D eigenvalue weighted by Crippen LogP contribution is -2.29. The number of halogens is 2. The first-order valence-electron chi connectivity index (χ1n) is 7.35. The summed E-state index contributed by atoms with van der Waals surface area (Å²) in [5.41, 5.74) is 2.36. The molecule has 0 amide bonds. The number of benzene rings is 1. The summed E-state index contributed by atoms with van der Waals surface area (Å²) < 4.78 is 0. The highest BCUT2D eigenvalue weighted by atomic mass is 35.5. The van der Waals surface area contributed by atoms with Gasteiger partial charge in [0, 0.05) is 23.6 Å². The van der Waals surface area contributed by atoms with Gasteiger partial charge in [0.05, 0.1) is 15.6 Å². The maximum absolute atomic E-state index is 12.6. The SMILES string of the molecule is O=C1CCCC2=C1[C@@H](c1cccc(Cl)c1Cl)c1c([nH][nH]c1=O)N2. The molecule has 0 fully saturated rings. The van der Waals surface area contributed by atoms with E-state index >= 15 is 0 Å². The van der Waals surface area contributed by atoms with E-state index in [2.05, 4.69) is 15.5 Å². The molecule has 1 atom stereocenters. The first-order valence-corrected chi connectivity index (χ1v) is 8.11. The van der Waals surface area contributed by atoms with E-state index in [0.29, 0.717) is 39.0 Å². The van der Waals surface area contributed by atoms with E-state index in [4.69, 9.17) is 23.2 Å². The number of nitrogens with one attached hydrogen (secondary N) is 3. The normalized spacial score (nSPS) is 20.1. The zero-order valence-corrected chi connectivity index (χ0v) is 13.5. The maximum atomic E-state index is 12.6. The Bertz CT molecular complexity index is 910. The van der Waals surface area contributed by atoms with Gasteiger partial charge in [0.15, 0.2) is 5.78 Å². The van der Waals surface area contributed by atoms with Gasteiger partial charge in [-0.2, -0.15) is 0 Å². The molecule has 2 aromatic rings. The van der Waals surface area contributed by atoms with E-state index < -0.39 is 5.92 Å².